The molecule has 20 heavy (non-hydrogen) atoms. The fourth-order valence-electron chi connectivity index (χ4n) is 2.71. The second-order valence-electron chi connectivity index (χ2n) is 7.26. The minimum Gasteiger partial charge on any atom is -0.415 e. The summed E-state index contributed by atoms with van der Waals surface area (Å²) in [6.07, 6.45) is 17.0. The molecule has 2 heteroatoms. The third-order valence-corrected chi connectivity index (χ3v) is 4.82. The van der Waals surface area contributed by atoms with Crippen molar-refractivity contribution in [3.63, 3.8) is 0 Å². The van der Waals surface area contributed by atoms with Gasteiger partial charge in [-0.15, -0.1) is 0 Å². The first-order valence-corrected chi connectivity index (χ1v) is 12.6. The highest BCUT2D eigenvalue weighted by molar-refractivity contribution is 6.69. The van der Waals surface area contributed by atoms with E-state index in [0.29, 0.717) is 6.10 Å². The van der Waals surface area contributed by atoms with Crippen LogP contribution in [0.3, 0.4) is 0 Å². The number of unbranched alkanes of at least 4 members (excludes halogenated alkanes) is 8. The molecule has 0 aliphatic carbocycles. The Kier molecular flexibility index (Phi) is 13.0. The van der Waals surface area contributed by atoms with Gasteiger partial charge in [0.15, 0.2) is 8.32 Å². The van der Waals surface area contributed by atoms with Gasteiger partial charge < -0.3 is 4.43 Å². The maximum Gasteiger partial charge on any atom is 0.184 e. The van der Waals surface area contributed by atoms with Gasteiger partial charge in [0.25, 0.3) is 0 Å². The van der Waals surface area contributed by atoms with Crippen LogP contribution in [0.25, 0.3) is 0 Å². The van der Waals surface area contributed by atoms with Gasteiger partial charge in [-0.2, -0.15) is 0 Å². The molecule has 1 nitrogen and oxygen atoms in total. The van der Waals surface area contributed by atoms with E-state index in [4.69, 9.17) is 4.43 Å². The van der Waals surface area contributed by atoms with Crippen molar-refractivity contribution in [1.82, 2.24) is 0 Å². The molecule has 0 aromatic rings. The molecule has 0 atom stereocenters. The summed E-state index contributed by atoms with van der Waals surface area (Å²) in [6, 6.07) is 0. The minimum absolute atomic E-state index is 0.546. The molecule has 0 fully saturated rings. The van der Waals surface area contributed by atoms with Gasteiger partial charge >= 0.3 is 0 Å². The van der Waals surface area contributed by atoms with Crippen molar-refractivity contribution in [2.24, 2.45) is 0 Å². The zero-order valence-corrected chi connectivity index (χ0v) is 16.0. The molecule has 0 aliphatic rings. The summed E-state index contributed by atoms with van der Waals surface area (Å²) >= 11 is 0. The van der Waals surface area contributed by atoms with Crippen molar-refractivity contribution in [1.29, 1.82) is 0 Å². The first-order chi connectivity index (χ1) is 9.49. The lowest BCUT2D eigenvalue weighted by atomic mass is 10.0. The van der Waals surface area contributed by atoms with E-state index in [1.165, 1.54) is 77.0 Å². The third-order valence-electron chi connectivity index (χ3n) is 3.78. The third kappa shape index (κ3) is 14.6. The molecule has 0 spiro atoms. The lowest BCUT2D eigenvalue weighted by Crippen LogP contribution is -2.32. The summed E-state index contributed by atoms with van der Waals surface area (Å²) in [5.41, 5.74) is 0. The maximum absolute atomic E-state index is 6.39. The van der Waals surface area contributed by atoms with Gasteiger partial charge in [-0.3, -0.25) is 0 Å². The molecule has 0 saturated heterocycles. The summed E-state index contributed by atoms with van der Waals surface area (Å²) in [6.45, 7) is 11.6. The molecule has 0 radical (unpaired) electrons. The van der Waals surface area contributed by atoms with Crippen molar-refractivity contribution in [3.05, 3.63) is 0 Å². The van der Waals surface area contributed by atoms with Crippen LogP contribution in [0.15, 0.2) is 0 Å². The molecule has 0 N–H and O–H groups in total. The fraction of sp³-hybridized carbons (Fsp3) is 1.00. The topological polar surface area (TPSA) is 9.23 Å². The Balaban J connectivity index is 3.83. The van der Waals surface area contributed by atoms with Gasteiger partial charge in [0.05, 0.1) is 0 Å². The molecule has 0 rings (SSSR count). The highest BCUT2D eigenvalue weighted by Gasteiger charge is 2.20. The Hall–Kier alpha value is 0.177. The molecule has 0 amide bonds. The molecule has 0 unspecified atom stereocenters. The molecule has 0 aromatic carbocycles. The van der Waals surface area contributed by atoms with E-state index in [2.05, 4.69) is 33.5 Å². The van der Waals surface area contributed by atoms with Crippen LogP contribution in [-0.4, -0.2) is 14.4 Å². The summed E-state index contributed by atoms with van der Waals surface area (Å²) in [4.78, 5) is 0. The van der Waals surface area contributed by atoms with E-state index in [1.807, 2.05) is 0 Å². The molecular weight excluding hydrogens is 260 g/mol. The predicted molar refractivity (Wildman–Crippen MR) is 95.0 cm³/mol. The van der Waals surface area contributed by atoms with Crippen molar-refractivity contribution >= 4 is 8.32 Å². The van der Waals surface area contributed by atoms with E-state index in [9.17, 15) is 0 Å². The van der Waals surface area contributed by atoms with Crippen molar-refractivity contribution in [3.8, 4) is 0 Å². The predicted octanol–water partition coefficient (Wildman–Crippen LogP) is 6.93. The van der Waals surface area contributed by atoms with Crippen molar-refractivity contribution in [2.45, 2.75) is 117 Å². The second kappa shape index (κ2) is 12.9. The largest absolute Gasteiger partial charge is 0.415 e. The summed E-state index contributed by atoms with van der Waals surface area (Å²) < 4.78 is 6.39. The van der Waals surface area contributed by atoms with E-state index in [-0.39, 0.29) is 0 Å². The molecule has 122 valence electrons. The second-order valence-corrected chi connectivity index (χ2v) is 11.7. The Morgan fingerprint density at radius 2 is 1.05 bits per heavy atom. The SMILES string of the molecule is CCCCCCCC(CCCCCCC)O[Si](C)(C)C. The van der Waals surface area contributed by atoms with Crippen LogP contribution in [0, 0.1) is 0 Å². The molecule has 0 aliphatic heterocycles. The summed E-state index contributed by atoms with van der Waals surface area (Å²) in [5, 5.41) is 0. The highest BCUT2D eigenvalue weighted by Crippen LogP contribution is 2.19. The van der Waals surface area contributed by atoms with E-state index < -0.39 is 8.32 Å². The average Bonchev–Trinajstić information content (AvgIpc) is 2.36. The van der Waals surface area contributed by atoms with Gasteiger partial charge in [0.1, 0.15) is 0 Å². The van der Waals surface area contributed by atoms with Crippen LogP contribution < -0.4 is 0 Å². The Morgan fingerprint density at radius 1 is 0.650 bits per heavy atom. The van der Waals surface area contributed by atoms with Crippen LogP contribution in [0.1, 0.15) is 90.9 Å². The summed E-state index contributed by atoms with van der Waals surface area (Å²) in [5.74, 6) is 0. The van der Waals surface area contributed by atoms with Gasteiger partial charge in [-0.1, -0.05) is 78.1 Å². The zero-order valence-electron chi connectivity index (χ0n) is 15.0. The van der Waals surface area contributed by atoms with Crippen LogP contribution in [0.4, 0.5) is 0 Å². The van der Waals surface area contributed by atoms with E-state index in [1.54, 1.807) is 0 Å². The zero-order chi connectivity index (χ0) is 15.3. The fourth-order valence-corrected chi connectivity index (χ4v) is 3.95. The van der Waals surface area contributed by atoms with E-state index >= 15 is 0 Å². The molecular formula is C18H40OSi. The van der Waals surface area contributed by atoms with Crippen LogP contribution >= 0.6 is 0 Å². The Bertz CT molecular complexity index is 184. The lowest BCUT2D eigenvalue weighted by molar-refractivity contribution is 0.165. The molecule has 0 saturated carbocycles. The molecule has 0 heterocycles. The minimum atomic E-state index is -1.37. The van der Waals surface area contributed by atoms with Crippen LogP contribution in [0.5, 0.6) is 0 Å². The number of hydrogen-bond acceptors (Lipinski definition) is 1. The van der Waals surface area contributed by atoms with Crippen LogP contribution in [0.2, 0.25) is 19.6 Å². The van der Waals surface area contributed by atoms with Crippen LogP contribution in [-0.2, 0) is 4.43 Å². The standard InChI is InChI=1S/C18H40OSi/c1-6-8-10-12-14-16-18(19-20(3,4)5)17-15-13-11-9-7-2/h18H,6-17H2,1-5H3. The lowest BCUT2D eigenvalue weighted by Gasteiger charge is -2.26. The first kappa shape index (κ1) is 20.2. The molecule has 0 aromatic heterocycles. The smallest absolute Gasteiger partial charge is 0.184 e. The monoisotopic (exact) mass is 300 g/mol. The number of rotatable bonds is 14. The van der Waals surface area contributed by atoms with Gasteiger partial charge in [-0.25, -0.2) is 0 Å². The Morgan fingerprint density at radius 3 is 1.40 bits per heavy atom. The summed E-state index contributed by atoms with van der Waals surface area (Å²) in [7, 11) is -1.37. The van der Waals surface area contributed by atoms with E-state index in [0.717, 1.165) is 0 Å². The average molecular weight is 301 g/mol. The maximum atomic E-state index is 6.39. The number of hydrogen-bond donors (Lipinski definition) is 0. The molecule has 0 bridgehead atoms. The van der Waals surface area contributed by atoms with Crippen molar-refractivity contribution in [2.75, 3.05) is 0 Å². The van der Waals surface area contributed by atoms with Crippen molar-refractivity contribution < 1.29 is 4.43 Å². The highest BCUT2D eigenvalue weighted by atomic mass is 28.4. The van der Waals surface area contributed by atoms with Gasteiger partial charge in [-0.05, 0) is 32.5 Å². The quantitative estimate of drug-likeness (QED) is 0.250. The van der Waals surface area contributed by atoms with Gasteiger partial charge in [0, 0.05) is 6.10 Å². The normalized spacial score (nSPS) is 12.3. The first-order valence-electron chi connectivity index (χ1n) is 9.17. The Labute approximate surface area is 130 Å². The van der Waals surface area contributed by atoms with Gasteiger partial charge in [0.2, 0.25) is 0 Å².